The van der Waals surface area contributed by atoms with E-state index in [1.165, 1.54) is 0 Å². The van der Waals surface area contributed by atoms with Crippen LogP contribution >= 0.6 is 0 Å². The number of carboxylic acids is 1. The Morgan fingerprint density at radius 3 is 1.81 bits per heavy atom. The Morgan fingerprint density at radius 2 is 1.26 bits per heavy atom. The largest absolute Gasteiger partial charge is 0.481 e. The van der Waals surface area contributed by atoms with Crippen molar-refractivity contribution in [2.24, 2.45) is 0 Å². The molecule has 6 nitrogen and oxygen atoms in total. The number of carbonyl (C=O) groups excluding carboxylic acids is 2. The second-order valence-electron chi connectivity index (χ2n) is 7.11. The summed E-state index contributed by atoms with van der Waals surface area (Å²) in [5, 5.41) is 15.1. The van der Waals surface area contributed by atoms with E-state index in [1.807, 2.05) is 36.4 Å². The molecule has 0 fully saturated rings. The third-order valence-corrected chi connectivity index (χ3v) is 4.94. The van der Waals surface area contributed by atoms with Gasteiger partial charge in [-0.05, 0) is 23.3 Å². The van der Waals surface area contributed by atoms with Gasteiger partial charge in [-0.3, -0.25) is 14.4 Å². The molecule has 2 atom stereocenters. The van der Waals surface area contributed by atoms with E-state index in [2.05, 4.69) is 10.6 Å². The van der Waals surface area contributed by atoms with Gasteiger partial charge in [-0.1, -0.05) is 78.9 Å². The molecule has 3 N–H and O–H groups in total. The summed E-state index contributed by atoms with van der Waals surface area (Å²) in [4.78, 5) is 36.9. The molecule has 0 bridgehead atoms. The summed E-state index contributed by atoms with van der Waals surface area (Å²) in [6, 6.07) is 26.2. The van der Waals surface area contributed by atoms with Crippen molar-refractivity contribution in [3.8, 4) is 0 Å². The number of benzene rings is 3. The number of amides is 2. The van der Waals surface area contributed by atoms with Crippen LogP contribution in [-0.4, -0.2) is 29.4 Å². The molecule has 0 heterocycles. The molecule has 3 rings (SSSR count). The monoisotopic (exact) mass is 416 g/mol. The van der Waals surface area contributed by atoms with E-state index in [1.54, 1.807) is 54.6 Å². The Bertz CT molecular complexity index is 1010. The van der Waals surface area contributed by atoms with Crippen molar-refractivity contribution in [2.75, 3.05) is 6.54 Å². The molecule has 0 aliphatic heterocycles. The maximum Gasteiger partial charge on any atom is 0.312 e. The van der Waals surface area contributed by atoms with Gasteiger partial charge < -0.3 is 15.7 Å². The smallest absolute Gasteiger partial charge is 0.312 e. The van der Waals surface area contributed by atoms with Crippen molar-refractivity contribution in [3.63, 3.8) is 0 Å². The van der Waals surface area contributed by atoms with E-state index < -0.39 is 17.9 Å². The molecule has 3 aromatic carbocycles. The molecule has 2 unspecified atom stereocenters. The first kappa shape index (κ1) is 21.8. The Balaban J connectivity index is 1.68. The first-order valence-electron chi connectivity index (χ1n) is 10.00. The maximum absolute atomic E-state index is 12.6. The third kappa shape index (κ3) is 6.27. The van der Waals surface area contributed by atoms with Crippen LogP contribution in [0.3, 0.4) is 0 Å². The van der Waals surface area contributed by atoms with E-state index >= 15 is 0 Å². The Kier molecular flexibility index (Phi) is 7.54. The number of carbonyl (C=O) groups is 3. The zero-order valence-corrected chi connectivity index (χ0v) is 16.9. The fourth-order valence-corrected chi connectivity index (χ4v) is 3.28. The summed E-state index contributed by atoms with van der Waals surface area (Å²) in [7, 11) is 0. The van der Waals surface area contributed by atoms with E-state index in [4.69, 9.17) is 0 Å². The molecule has 0 saturated carbocycles. The zero-order chi connectivity index (χ0) is 22.1. The molecule has 2 amide bonds. The lowest BCUT2D eigenvalue weighted by atomic mass is 9.99. The molecule has 0 aromatic heterocycles. The van der Waals surface area contributed by atoms with Crippen LogP contribution in [0, 0.1) is 0 Å². The summed E-state index contributed by atoms with van der Waals surface area (Å²) in [6.45, 7) is -0.0354. The number of hydrogen-bond acceptors (Lipinski definition) is 3. The highest BCUT2D eigenvalue weighted by atomic mass is 16.4. The lowest BCUT2D eigenvalue weighted by Gasteiger charge is -2.20. The molecule has 6 heteroatoms. The number of hydrogen-bond donors (Lipinski definition) is 3. The second-order valence-corrected chi connectivity index (χ2v) is 7.11. The Morgan fingerprint density at radius 1 is 0.742 bits per heavy atom. The lowest BCUT2D eigenvalue weighted by molar-refractivity contribution is -0.138. The zero-order valence-electron chi connectivity index (χ0n) is 16.9. The fraction of sp³-hybridized carbons (Fsp3) is 0.160. The van der Waals surface area contributed by atoms with Crippen molar-refractivity contribution in [1.82, 2.24) is 10.6 Å². The minimum absolute atomic E-state index is 0.0102. The Labute approximate surface area is 180 Å². The van der Waals surface area contributed by atoms with Crippen LogP contribution < -0.4 is 10.6 Å². The highest BCUT2D eigenvalue weighted by Crippen LogP contribution is 2.19. The number of rotatable bonds is 9. The van der Waals surface area contributed by atoms with Gasteiger partial charge >= 0.3 is 5.97 Å². The van der Waals surface area contributed by atoms with Gasteiger partial charge in [-0.15, -0.1) is 0 Å². The van der Waals surface area contributed by atoms with Gasteiger partial charge in [0.05, 0.1) is 18.4 Å². The summed E-state index contributed by atoms with van der Waals surface area (Å²) in [5.74, 6) is -2.48. The molecule has 3 aromatic rings. The predicted molar refractivity (Wildman–Crippen MR) is 118 cm³/mol. The first-order valence-corrected chi connectivity index (χ1v) is 10.00. The van der Waals surface area contributed by atoms with Gasteiger partial charge in [-0.25, -0.2) is 0 Å². The normalized spacial score (nSPS) is 12.4. The standard InChI is InChI=1S/C25H24N2O4/c28-23(26-17-21(25(30)31)18-10-4-1-5-11-18)16-22(19-12-6-2-7-13-19)27-24(29)20-14-8-3-9-15-20/h1-15,21-22H,16-17H2,(H,26,28)(H,27,29)(H,30,31). The molecule has 158 valence electrons. The number of nitrogens with one attached hydrogen (secondary N) is 2. The van der Waals surface area contributed by atoms with Gasteiger partial charge in [0.15, 0.2) is 0 Å². The van der Waals surface area contributed by atoms with Crippen LogP contribution in [0.1, 0.15) is 39.9 Å². The van der Waals surface area contributed by atoms with Crippen molar-refractivity contribution < 1.29 is 19.5 Å². The predicted octanol–water partition coefficient (Wildman–Crippen LogP) is 3.53. The second kappa shape index (κ2) is 10.7. The van der Waals surface area contributed by atoms with E-state index in [0.29, 0.717) is 11.1 Å². The highest BCUT2D eigenvalue weighted by Gasteiger charge is 2.23. The van der Waals surface area contributed by atoms with Crippen LogP contribution in [0.25, 0.3) is 0 Å². The van der Waals surface area contributed by atoms with Crippen molar-refractivity contribution >= 4 is 17.8 Å². The third-order valence-electron chi connectivity index (χ3n) is 4.94. The Hall–Kier alpha value is -3.93. The average molecular weight is 416 g/mol. The van der Waals surface area contributed by atoms with Crippen LogP contribution in [0.2, 0.25) is 0 Å². The molecule has 0 aliphatic rings. The van der Waals surface area contributed by atoms with Gasteiger partial charge in [-0.2, -0.15) is 0 Å². The van der Waals surface area contributed by atoms with Crippen LogP contribution in [0.15, 0.2) is 91.0 Å². The van der Waals surface area contributed by atoms with Gasteiger partial charge in [0, 0.05) is 12.1 Å². The molecule has 0 spiro atoms. The number of aliphatic carboxylic acids is 1. The topological polar surface area (TPSA) is 95.5 Å². The summed E-state index contributed by atoms with van der Waals surface area (Å²) in [6.07, 6.45) is -0.0102. The van der Waals surface area contributed by atoms with Crippen molar-refractivity contribution in [1.29, 1.82) is 0 Å². The highest BCUT2D eigenvalue weighted by molar-refractivity contribution is 5.94. The quantitative estimate of drug-likeness (QED) is 0.497. The molecule has 0 aliphatic carbocycles. The SMILES string of the molecule is O=C(CC(NC(=O)c1ccccc1)c1ccccc1)NCC(C(=O)O)c1ccccc1. The van der Waals surface area contributed by atoms with E-state index in [-0.39, 0.29) is 24.8 Å². The van der Waals surface area contributed by atoms with Crippen molar-refractivity contribution in [2.45, 2.75) is 18.4 Å². The molecule has 31 heavy (non-hydrogen) atoms. The van der Waals surface area contributed by atoms with Gasteiger partial charge in [0.1, 0.15) is 0 Å². The average Bonchev–Trinajstić information content (AvgIpc) is 2.80. The van der Waals surface area contributed by atoms with Gasteiger partial charge in [0.25, 0.3) is 5.91 Å². The lowest BCUT2D eigenvalue weighted by Crippen LogP contribution is -2.36. The summed E-state index contributed by atoms with van der Waals surface area (Å²) >= 11 is 0. The molecule has 0 saturated heterocycles. The van der Waals surface area contributed by atoms with Crippen molar-refractivity contribution in [3.05, 3.63) is 108 Å². The van der Waals surface area contributed by atoms with E-state index in [9.17, 15) is 19.5 Å². The fourth-order valence-electron chi connectivity index (χ4n) is 3.28. The van der Waals surface area contributed by atoms with Crippen LogP contribution in [-0.2, 0) is 9.59 Å². The van der Waals surface area contributed by atoms with E-state index in [0.717, 1.165) is 5.56 Å². The molecular weight excluding hydrogens is 392 g/mol. The maximum atomic E-state index is 12.6. The molecule has 0 radical (unpaired) electrons. The minimum Gasteiger partial charge on any atom is -0.481 e. The van der Waals surface area contributed by atoms with Crippen LogP contribution in [0.5, 0.6) is 0 Å². The summed E-state index contributed by atoms with van der Waals surface area (Å²) in [5.41, 5.74) is 1.91. The molecular formula is C25H24N2O4. The first-order chi connectivity index (χ1) is 15.0. The minimum atomic E-state index is -1.01. The van der Waals surface area contributed by atoms with Crippen LogP contribution in [0.4, 0.5) is 0 Å². The summed E-state index contributed by atoms with van der Waals surface area (Å²) < 4.78 is 0. The number of carboxylic acid groups (broad SMARTS) is 1. The van der Waals surface area contributed by atoms with Gasteiger partial charge in [0.2, 0.25) is 5.91 Å².